The molecule has 0 bridgehead atoms. The molecule has 2 rings (SSSR count). The van der Waals surface area contributed by atoms with Gasteiger partial charge in [-0.2, -0.15) is 13.2 Å². The van der Waals surface area contributed by atoms with Crippen LogP contribution < -0.4 is 10.6 Å². The van der Waals surface area contributed by atoms with E-state index in [9.17, 15) is 32.9 Å². The minimum absolute atomic E-state index is 0.195. The van der Waals surface area contributed by atoms with Gasteiger partial charge in [-0.15, -0.1) is 0 Å². The van der Waals surface area contributed by atoms with E-state index in [0.717, 1.165) is 12.1 Å². The number of hydrogen-bond donors (Lipinski definition) is 2. The molecule has 0 aromatic heterocycles. The van der Waals surface area contributed by atoms with Crippen molar-refractivity contribution in [3.05, 3.63) is 64.2 Å². The molecule has 2 amide bonds. The fourth-order valence-corrected chi connectivity index (χ4v) is 2.47. The molecule has 0 atom stereocenters. The van der Waals surface area contributed by atoms with E-state index in [1.165, 1.54) is 48.3 Å². The zero-order valence-corrected chi connectivity index (χ0v) is 15.2. The van der Waals surface area contributed by atoms with Crippen LogP contribution in [0, 0.1) is 10.1 Å². The van der Waals surface area contributed by atoms with Gasteiger partial charge in [-0.05, 0) is 25.2 Å². The molecule has 0 aliphatic heterocycles. The van der Waals surface area contributed by atoms with Crippen molar-refractivity contribution in [3.63, 3.8) is 0 Å². The van der Waals surface area contributed by atoms with E-state index >= 15 is 0 Å². The van der Waals surface area contributed by atoms with E-state index < -0.39 is 28.5 Å². The normalized spacial score (nSPS) is 11.2. The summed E-state index contributed by atoms with van der Waals surface area (Å²) in [5.41, 5.74) is -1.33. The summed E-state index contributed by atoms with van der Waals surface area (Å²) in [4.78, 5) is 35.5. The molecule has 8 nitrogen and oxygen atoms in total. The molecule has 0 unspecified atom stereocenters. The quantitative estimate of drug-likeness (QED) is 0.539. The molecule has 29 heavy (non-hydrogen) atoms. The standard InChI is InChI=1S/C18H17F3N4O4/c1-24(10-16(26)22-12-5-4-6-13(9-12)25(28)29)11-17(27)23-15-8-3-2-7-14(15)18(19,20)21/h2-9H,10-11H2,1H3,(H,22,26)(H,23,27). The summed E-state index contributed by atoms with van der Waals surface area (Å²) >= 11 is 0. The Morgan fingerprint density at radius 2 is 1.66 bits per heavy atom. The number of rotatable bonds is 7. The summed E-state index contributed by atoms with van der Waals surface area (Å²) < 4.78 is 38.9. The number of non-ortho nitro benzene ring substituents is 1. The highest BCUT2D eigenvalue weighted by atomic mass is 19.4. The average molecular weight is 410 g/mol. The number of carbonyl (C=O) groups is 2. The van der Waals surface area contributed by atoms with E-state index in [-0.39, 0.29) is 30.2 Å². The van der Waals surface area contributed by atoms with Crippen LogP contribution in [0.15, 0.2) is 48.5 Å². The SMILES string of the molecule is CN(CC(=O)Nc1cccc([N+](=O)[O-])c1)CC(=O)Nc1ccccc1C(F)(F)F. The molecule has 154 valence electrons. The number of carbonyl (C=O) groups excluding carboxylic acids is 2. The molecular weight excluding hydrogens is 393 g/mol. The highest BCUT2D eigenvalue weighted by Crippen LogP contribution is 2.34. The van der Waals surface area contributed by atoms with Gasteiger partial charge in [0, 0.05) is 17.8 Å². The van der Waals surface area contributed by atoms with Gasteiger partial charge in [0.2, 0.25) is 11.8 Å². The van der Waals surface area contributed by atoms with Crippen molar-refractivity contribution in [2.45, 2.75) is 6.18 Å². The molecule has 0 heterocycles. The van der Waals surface area contributed by atoms with Gasteiger partial charge >= 0.3 is 6.18 Å². The van der Waals surface area contributed by atoms with Gasteiger partial charge in [0.1, 0.15) is 0 Å². The van der Waals surface area contributed by atoms with Crippen LogP contribution in [0.2, 0.25) is 0 Å². The van der Waals surface area contributed by atoms with Crippen molar-refractivity contribution in [1.29, 1.82) is 0 Å². The molecule has 0 saturated heterocycles. The Kier molecular flexibility index (Phi) is 6.89. The second-order valence-electron chi connectivity index (χ2n) is 6.12. The van der Waals surface area contributed by atoms with Crippen LogP contribution >= 0.6 is 0 Å². The van der Waals surface area contributed by atoms with Crippen molar-refractivity contribution in [3.8, 4) is 0 Å². The number of likely N-dealkylation sites (N-methyl/N-ethyl adjacent to an activating group) is 1. The van der Waals surface area contributed by atoms with Gasteiger partial charge in [-0.25, -0.2) is 0 Å². The van der Waals surface area contributed by atoms with Crippen LogP contribution in [0.4, 0.5) is 30.2 Å². The van der Waals surface area contributed by atoms with Crippen LogP contribution in [-0.2, 0) is 15.8 Å². The molecule has 0 aliphatic carbocycles. The van der Waals surface area contributed by atoms with E-state index in [2.05, 4.69) is 10.6 Å². The van der Waals surface area contributed by atoms with Crippen LogP contribution in [0.3, 0.4) is 0 Å². The number of para-hydroxylation sites is 1. The third-order valence-corrected chi connectivity index (χ3v) is 3.67. The van der Waals surface area contributed by atoms with Crippen LogP contribution in [-0.4, -0.2) is 41.8 Å². The molecule has 0 saturated carbocycles. The first-order valence-corrected chi connectivity index (χ1v) is 8.25. The number of benzene rings is 2. The van der Waals surface area contributed by atoms with E-state index in [4.69, 9.17) is 0 Å². The van der Waals surface area contributed by atoms with E-state index in [0.29, 0.717) is 0 Å². The summed E-state index contributed by atoms with van der Waals surface area (Å²) in [5, 5.41) is 15.4. The molecule has 0 fully saturated rings. The van der Waals surface area contributed by atoms with Crippen molar-refractivity contribution in [1.82, 2.24) is 4.90 Å². The lowest BCUT2D eigenvalue weighted by atomic mass is 10.1. The Morgan fingerprint density at radius 1 is 1.03 bits per heavy atom. The Morgan fingerprint density at radius 3 is 2.28 bits per heavy atom. The maximum Gasteiger partial charge on any atom is 0.418 e. The van der Waals surface area contributed by atoms with Gasteiger partial charge < -0.3 is 10.6 Å². The number of hydrogen-bond acceptors (Lipinski definition) is 5. The van der Waals surface area contributed by atoms with E-state index in [1.807, 2.05) is 0 Å². The van der Waals surface area contributed by atoms with Gasteiger partial charge in [0.25, 0.3) is 5.69 Å². The van der Waals surface area contributed by atoms with Crippen molar-refractivity contribution in [2.24, 2.45) is 0 Å². The number of amides is 2. The summed E-state index contributed by atoms with van der Waals surface area (Å²) in [6, 6.07) is 9.88. The lowest BCUT2D eigenvalue weighted by Gasteiger charge is -2.17. The average Bonchev–Trinajstić information content (AvgIpc) is 2.60. The highest BCUT2D eigenvalue weighted by molar-refractivity contribution is 5.95. The number of nitro benzene ring substituents is 1. The van der Waals surface area contributed by atoms with Gasteiger partial charge in [0.15, 0.2) is 0 Å². The summed E-state index contributed by atoms with van der Waals surface area (Å²) in [7, 11) is 1.43. The van der Waals surface area contributed by atoms with Crippen LogP contribution in [0.25, 0.3) is 0 Å². The fraction of sp³-hybridized carbons (Fsp3) is 0.222. The van der Waals surface area contributed by atoms with Crippen molar-refractivity contribution in [2.75, 3.05) is 30.8 Å². The minimum Gasteiger partial charge on any atom is -0.325 e. The van der Waals surface area contributed by atoms with Crippen molar-refractivity contribution >= 4 is 28.9 Å². The van der Waals surface area contributed by atoms with Gasteiger partial charge in [-0.3, -0.25) is 24.6 Å². The summed E-state index contributed by atoms with van der Waals surface area (Å²) in [5.74, 6) is -1.27. The second kappa shape index (κ2) is 9.15. The number of anilines is 2. The summed E-state index contributed by atoms with van der Waals surface area (Å²) in [6.45, 7) is -0.592. The predicted molar refractivity (Wildman–Crippen MR) is 99.3 cm³/mol. The number of halogens is 3. The highest BCUT2D eigenvalue weighted by Gasteiger charge is 2.33. The van der Waals surface area contributed by atoms with Gasteiger partial charge in [-0.1, -0.05) is 18.2 Å². The number of alkyl halides is 3. The predicted octanol–water partition coefficient (Wildman–Crippen LogP) is 3.12. The van der Waals surface area contributed by atoms with Gasteiger partial charge in [0.05, 0.1) is 29.3 Å². The largest absolute Gasteiger partial charge is 0.418 e. The molecular formula is C18H17F3N4O4. The molecule has 2 N–H and O–H groups in total. The molecule has 2 aromatic carbocycles. The molecule has 11 heteroatoms. The molecule has 2 aromatic rings. The number of nitro groups is 1. The lowest BCUT2D eigenvalue weighted by Crippen LogP contribution is -2.36. The first-order chi connectivity index (χ1) is 13.6. The molecule has 0 spiro atoms. The lowest BCUT2D eigenvalue weighted by molar-refractivity contribution is -0.384. The molecule has 0 radical (unpaired) electrons. The van der Waals surface area contributed by atoms with Crippen LogP contribution in [0.5, 0.6) is 0 Å². The smallest absolute Gasteiger partial charge is 0.325 e. The van der Waals surface area contributed by atoms with E-state index in [1.54, 1.807) is 0 Å². The maximum atomic E-state index is 13.0. The topological polar surface area (TPSA) is 105 Å². The Bertz CT molecular complexity index is 918. The monoisotopic (exact) mass is 410 g/mol. The zero-order chi connectivity index (χ0) is 21.6. The third-order valence-electron chi connectivity index (χ3n) is 3.67. The summed E-state index contributed by atoms with van der Waals surface area (Å²) in [6.07, 6.45) is -4.62. The number of nitrogens with zero attached hydrogens (tertiary/aromatic N) is 2. The van der Waals surface area contributed by atoms with Crippen molar-refractivity contribution < 1.29 is 27.7 Å². The maximum absolute atomic E-state index is 13.0. The second-order valence-corrected chi connectivity index (χ2v) is 6.12. The number of nitrogens with one attached hydrogen (secondary N) is 2. The zero-order valence-electron chi connectivity index (χ0n) is 15.2. The Labute approximate surface area is 163 Å². The first-order valence-electron chi connectivity index (χ1n) is 8.25. The Hall–Kier alpha value is -3.47. The third kappa shape index (κ3) is 6.57. The minimum atomic E-state index is -4.62. The first kappa shape index (κ1) is 21.8. The van der Waals surface area contributed by atoms with Crippen LogP contribution in [0.1, 0.15) is 5.56 Å². The molecule has 0 aliphatic rings. The fourth-order valence-electron chi connectivity index (χ4n) is 2.47. The Balaban J connectivity index is 1.91.